The van der Waals surface area contributed by atoms with Gasteiger partial charge in [-0.3, -0.25) is 9.59 Å². The van der Waals surface area contributed by atoms with Crippen LogP contribution in [-0.4, -0.2) is 42.4 Å². The maximum Gasteiger partial charge on any atom is 0.226 e. The Morgan fingerprint density at radius 2 is 2.05 bits per heavy atom. The molecule has 3 N–H and O–H groups in total. The predicted molar refractivity (Wildman–Crippen MR) is 87.3 cm³/mol. The Kier molecular flexibility index (Phi) is 9.62. The minimum Gasteiger partial charge on any atom is -0.356 e. The van der Waals surface area contributed by atoms with E-state index in [2.05, 4.69) is 12.2 Å². The molecule has 0 bridgehead atoms. The molecular formula is C15H30ClN3O2. The molecule has 0 aromatic heterocycles. The second-order valence-electron chi connectivity index (χ2n) is 5.92. The second kappa shape index (κ2) is 10.0. The van der Waals surface area contributed by atoms with Crippen LogP contribution in [0.25, 0.3) is 0 Å². The van der Waals surface area contributed by atoms with Crippen molar-refractivity contribution in [2.24, 2.45) is 17.6 Å². The molecule has 1 aliphatic rings. The van der Waals surface area contributed by atoms with Crippen molar-refractivity contribution < 1.29 is 9.59 Å². The summed E-state index contributed by atoms with van der Waals surface area (Å²) >= 11 is 0. The Morgan fingerprint density at radius 1 is 1.38 bits per heavy atom. The van der Waals surface area contributed by atoms with Gasteiger partial charge in [-0.25, -0.2) is 0 Å². The quantitative estimate of drug-likeness (QED) is 0.729. The number of nitrogens with two attached hydrogens (primary N) is 1. The van der Waals surface area contributed by atoms with Gasteiger partial charge in [-0.05, 0) is 26.2 Å². The number of hydrogen-bond donors (Lipinski definition) is 2. The molecule has 0 radical (unpaired) electrons. The van der Waals surface area contributed by atoms with Gasteiger partial charge in [0.15, 0.2) is 0 Å². The molecule has 0 aromatic rings. The first-order chi connectivity index (χ1) is 9.47. The summed E-state index contributed by atoms with van der Waals surface area (Å²) in [5.74, 6) is -0.0859. The van der Waals surface area contributed by atoms with Crippen molar-refractivity contribution in [1.82, 2.24) is 10.2 Å². The highest BCUT2D eigenvalue weighted by Crippen LogP contribution is 2.19. The monoisotopic (exact) mass is 319 g/mol. The van der Waals surface area contributed by atoms with Crippen LogP contribution in [0, 0.1) is 11.8 Å². The van der Waals surface area contributed by atoms with Gasteiger partial charge in [-0.1, -0.05) is 20.3 Å². The highest BCUT2D eigenvalue weighted by atomic mass is 35.5. The number of amides is 2. The lowest BCUT2D eigenvalue weighted by Crippen LogP contribution is -2.49. The van der Waals surface area contributed by atoms with Crippen LogP contribution in [0.2, 0.25) is 0 Å². The molecule has 6 heteroatoms. The summed E-state index contributed by atoms with van der Waals surface area (Å²) in [5.41, 5.74) is 5.79. The highest BCUT2D eigenvalue weighted by molar-refractivity contribution is 5.85. The maximum absolute atomic E-state index is 12.3. The number of piperidine rings is 1. The fraction of sp³-hybridized carbons (Fsp3) is 0.867. The van der Waals surface area contributed by atoms with Gasteiger partial charge in [0, 0.05) is 25.7 Å². The Balaban J connectivity index is 0.00000400. The van der Waals surface area contributed by atoms with Gasteiger partial charge < -0.3 is 16.0 Å². The lowest BCUT2D eigenvalue weighted by atomic mass is 9.94. The van der Waals surface area contributed by atoms with Gasteiger partial charge in [-0.2, -0.15) is 0 Å². The third kappa shape index (κ3) is 6.22. The molecule has 1 heterocycles. The predicted octanol–water partition coefficient (Wildman–Crippen LogP) is 1.55. The zero-order valence-electron chi connectivity index (χ0n) is 13.4. The van der Waals surface area contributed by atoms with Gasteiger partial charge in [0.1, 0.15) is 0 Å². The van der Waals surface area contributed by atoms with E-state index in [-0.39, 0.29) is 42.1 Å². The number of carbonyl (C=O) groups excluding carboxylic acids is 2. The molecule has 3 unspecified atom stereocenters. The number of halogens is 1. The summed E-state index contributed by atoms with van der Waals surface area (Å²) in [7, 11) is 0. The first-order valence-electron chi connectivity index (χ1n) is 7.79. The van der Waals surface area contributed by atoms with E-state index in [4.69, 9.17) is 5.73 Å². The summed E-state index contributed by atoms with van der Waals surface area (Å²) in [6, 6.07) is -0.152. The van der Waals surface area contributed by atoms with E-state index in [1.54, 1.807) is 0 Å². The molecule has 124 valence electrons. The number of hydrogen-bond acceptors (Lipinski definition) is 3. The van der Waals surface area contributed by atoms with Crippen LogP contribution in [0.3, 0.4) is 0 Å². The third-order valence-electron chi connectivity index (χ3n) is 4.11. The smallest absolute Gasteiger partial charge is 0.226 e. The summed E-state index contributed by atoms with van der Waals surface area (Å²) < 4.78 is 0. The van der Waals surface area contributed by atoms with E-state index in [0.29, 0.717) is 6.54 Å². The summed E-state index contributed by atoms with van der Waals surface area (Å²) in [6.07, 6.45) is 3.84. The first kappa shape index (κ1) is 20.2. The van der Waals surface area contributed by atoms with Crippen LogP contribution in [-0.2, 0) is 9.59 Å². The van der Waals surface area contributed by atoms with Crippen LogP contribution in [0.5, 0.6) is 0 Å². The number of nitrogens with one attached hydrogen (secondary N) is 1. The van der Waals surface area contributed by atoms with E-state index < -0.39 is 0 Å². The number of rotatable bonds is 6. The Labute approximate surface area is 134 Å². The highest BCUT2D eigenvalue weighted by Gasteiger charge is 2.31. The van der Waals surface area contributed by atoms with Gasteiger partial charge in [0.2, 0.25) is 11.8 Å². The zero-order valence-corrected chi connectivity index (χ0v) is 14.2. The van der Waals surface area contributed by atoms with Crippen molar-refractivity contribution in [3.63, 3.8) is 0 Å². The number of carbonyl (C=O) groups is 2. The fourth-order valence-electron chi connectivity index (χ4n) is 2.44. The van der Waals surface area contributed by atoms with Gasteiger partial charge >= 0.3 is 0 Å². The Bertz CT molecular complexity index is 337. The van der Waals surface area contributed by atoms with Crippen molar-refractivity contribution in [3.8, 4) is 0 Å². The third-order valence-corrected chi connectivity index (χ3v) is 4.11. The standard InChI is InChI=1S/C15H29N3O2.ClH/c1-4-5-8-17-14(19)13-7-6-9-18(10-13)15(20)11(2)12(3)16;/h11-13H,4-10,16H2,1-3H3,(H,17,19);1H. The average molecular weight is 320 g/mol. The molecule has 1 saturated heterocycles. The van der Waals surface area contributed by atoms with E-state index in [0.717, 1.165) is 38.8 Å². The van der Waals surface area contributed by atoms with Crippen molar-refractivity contribution in [3.05, 3.63) is 0 Å². The van der Waals surface area contributed by atoms with Crippen LogP contribution in [0.1, 0.15) is 46.5 Å². The van der Waals surface area contributed by atoms with E-state index in [1.165, 1.54) is 0 Å². The lowest BCUT2D eigenvalue weighted by Gasteiger charge is -2.34. The average Bonchev–Trinajstić information content (AvgIpc) is 2.45. The van der Waals surface area contributed by atoms with Crippen molar-refractivity contribution >= 4 is 24.2 Å². The molecule has 3 atom stereocenters. The van der Waals surface area contributed by atoms with Crippen molar-refractivity contribution in [1.29, 1.82) is 0 Å². The van der Waals surface area contributed by atoms with Gasteiger partial charge in [-0.15, -0.1) is 12.4 Å². The van der Waals surface area contributed by atoms with Crippen LogP contribution >= 0.6 is 12.4 Å². The molecule has 0 aromatic carbocycles. The van der Waals surface area contributed by atoms with Gasteiger partial charge in [0.05, 0.1) is 11.8 Å². The minimum absolute atomic E-state index is 0. The molecule has 1 aliphatic heterocycles. The SMILES string of the molecule is CCCCNC(=O)C1CCCN(C(=O)C(C)C(C)N)C1.Cl. The summed E-state index contributed by atoms with van der Waals surface area (Å²) in [5, 5.41) is 2.96. The molecular weight excluding hydrogens is 290 g/mol. The topological polar surface area (TPSA) is 75.4 Å². The van der Waals surface area contributed by atoms with Gasteiger partial charge in [0.25, 0.3) is 0 Å². The second-order valence-corrected chi connectivity index (χ2v) is 5.92. The van der Waals surface area contributed by atoms with Crippen LogP contribution < -0.4 is 11.1 Å². The minimum atomic E-state index is -0.183. The van der Waals surface area contributed by atoms with Crippen molar-refractivity contribution in [2.75, 3.05) is 19.6 Å². The van der Waals surface area contributed by atoms with Crippen LogP contribution in [0.15, 0.2) is 0 Å². The molecule has 2 amide bonds. The number of nitrogens with zero attached hydrogens (tertiary/aromatic N) is 1. The number of likely N-dealkylation sites (tertiary alicyclic amines) is 1. The molecule has 1 fully saturated rings. The molecule has 0 aliphatic carbocycles. The van der Waals surface area contributed by atoms with Crippen LogP contribution in [0.4, 0.5) is 0 Å². The normalized spacial score (nSPS) is 21.1. The molecule has 5 nitrogen and oxygen atoms in total. The summed E-state index contributed by atoms with van der Waals surface area (Å²) in [4.78, 5) is 26.2. The lowest BCUT2D eigenvalue weighted by molar-refractivity contribution is -0.139. The molecule has 0 saturated carbocycles. The zero-order chi connectivity index (χ0) is 15.1. The van der Waals surface area contributed by atoms with E-state index in [9.17, 15) is 9.59 Å². The molecule has 0 spiro atoms. The Morgan fingerprint density at radius 3 is 2.62 bits per heavy atom. The van der Waals surface area contributed by atoms with Crippen molar-refractivity contribution in [2.45, 2.75) is 52.5 Å². The first-order valence-corrected chi connectivity index (χ1v) is 7.79. The molecule has 21 heavy (non-hydrogen) atoms. The van der Waals surface area contributed by atoms with E-state index in [1.807, 2.05) is 18.7 Å². The largest absolute Gasteiger partial charge is 0.356 e. The van der Waals surface area contributed by atoms with E-state index >= 15 is 0 Å². The number of unbranched alkanes of at least 4 members (excludes halogenated alkanes) is 1. The summed E-state index contributed by atoms with van der Waals surface area (Å²) in [6.45, 7) is 7.82. The fourth-order valence-corrected chi connectivity index (χ4v) is 2.44. The molecule has 1 rings (SSSR count). The Hall–Kier alpha value is -0.810. The maximum atomic E-state index is 12.3.